The molecule has 0 atom stereocenters. The average Bonchev–Trinajstić information content (AvgIpc) is 2.27. The zero-order valence-electron chi connectivity index (χ0n) is 8.53. The molecule has 2 rings (SSSR count). The highest BCUT2D eigenvalue weighted by Crippen LogP contribution is 2.21. The monoisotopic (exact) mass is 207 g/mol. The van der Waals surface area contributed by atoms with Gasteiger partial charge in [0.05, 0.1) is 24.5 Å². The minimum Gasteiger partial charge on any atom is -0.392 e. The van der Waals surface area contributed by atoms with Crippen molar-refractivity contribution in [3.05, 3.63) is 23.5 Å². The maximum absolute atomic E-state index is 11.5. The molecule has 1 aromatic heterocycles. The number of fused-ring (bicyclic) bond motifs is 1. The van der Waals surface area contributed by atoms with Crippen molar-refractivity contribution in [3.8, 4) is 0 Å². The Morgan fingerprint density at radius 2 is 2.47 bits per heavy atom. The van der Waals surface area contributed by atoms with Crippen molar-refractivity contribution >= 4 is 11.7 Å². The highest BCUT2D eigenvalue weighted by molar-refractivity contribution is 5.91. The Kier molecular flexibility index (Phi) is 2.55. The molecule has 2 amide bonds. The summed E-state index contributed by atoms with van der Waals surface area (Å²) in [5.74, 6) is 0. The molecule has 1 aliphatic heterocycles. The highest BCUT2D eigenvalue weighted by atomic mass is 16.3. The van der Waals surface area contributed by atoms with Crippen LogP contribution in [0.1, 0.15) is 18.2 Å². The number of carbonyl (C=O) groups is 1. The molecular weight excluding hydrogens is 194 g/mol. The van der Waals surface area contributed by atoms with E-state index in [1.807, 2.05) is 6.92 Å². The summed E-state index contributed by atoms with van der Waals surface area (Å²) in [7, 11) is 0. The van der Waals surface area contributed by atoms with Gasteiger partial charge >= 0.3 is 6.03 Å². The number of aliphatic hydroxyl groups excluding tert-OH is 1. The third-order valence-electron chi connectivity index (χ3n) is 2.46. The first-order chi connectivity index (χ1) is 7.24. The first-order valence-electron chi connectivity index (χ1n) is 4.89. The molecule has 0 radical (unpaired) electrons. The number of rotatable bonds is 2. The zero-order valence-corrected chi connectivity index (χ0v) is 8.53. The first-order valence-corrected chi connectivity index (χ1v) is 4.89. The molecule has 5 nitrogen and oxygen atoms in total. The molecular formula is C10H13N3O2. The van der Waals surface area contributed by atoms with E-state index in [0.717, 1.165) is 5.69 Å². The molecule has 0 saturated heterocycles. The van der Waals surface area contributed by atoms with Crippen LogP contribution in [0, 0.1) is 0 Å². The first kappa shape index (κ1) is 9.92. The second-order valence-corrected chi connectivity index (χ2v) is 3.44. The van der Waals surface area contributed by atoms with Crippen molar-refractivity contribution in [1.82, 2.24) is 9.88 Å². The molecule has 0 unspecified atom stereocenters. The highest BCUT2D eigenvalue weighted by Gasteiger charge is 2.21. The van der Waals surface area contributed by atoms with Gasteiger partial charge in [0, 0.05) is 12.7 Å². The number of pyridine rings is 1. The van der Waals surface area contributed by atoms with Crippen LogP contribution in [0.2, 0.25) is 0 Å². The summed E-state index contributed by atoms with van der Waals surface area (Å²) in [6.45, 7) is 3.05. The van der Waals surface area contributed by atoms with Gasteiger partial charge < -0.3 is 15.3 Å². The summed E-state index contributed by atoms with van der Waals surface area (Å²) < 4.78 is 0. The van der Waals surface area contributed by atoms with Gasteiger partial charge in [-0.1, -0.05) is 0 Å². The Hall–Kier alpha value is -1.62. The minimum atomic E-state index is -0.109. The summed E-state index contributed by atoms with van der Waals surface area (Å²) in [6.07, 6.45) is 1.63. The Bertz CT molecular complexity index is 392. The van der Waals surface area contributed by atoms with Crippen LogP contribution in [0.25, 0.3) is 0 Å². The normalized spacial score (nSPS) is 14.8. The fourth-order valence-electron chi connectivity index (χ4n) is 1.56. The lowest BCUT2D eigenvalue weighted by Crippen LogP contribution is -2.38. The fraction of sp³-hybridized carbons (Fsp3) is 0.400. The van der Waals surface area contributed by atoms with Crippen molar-refractivity contribution in [1.29, 1.82) is 0 Å². The molecule has 5 heteroatoms. The quantitative estimate of drug-likeness (QED) is 0.758. The van der Waals surface area contributed by atoms with Crippen LogP contribution in [0.15, 0.2) is 12.3 Å². The van der Waals surface area contributed by atoms with Gasteiger partial charge in [0.15, 0.2) is 0 Å². The summed E-state index contributed by atoms with van der Waals surface area (Å²) in [4.78, 5) is 17.4. The van der Waals surface area contributed by atoms with Crippen LogP contribution in [-0.4, -0.2) is 27.6 Å². The van der Waals surface area contributed by atoms with Gasteiger partial charge in [0.25, 0.3) is 0 Å². The maximum atomic E-state index is 11.5. The predicted molar refractivity (Wildman–Crippen MR) is 55.3 cm³/mol. The third kappa shape index (κ3) is 1.78. The van der Waals surface area contributed by atoms with Crippen molar-refractivity contribution in [2.75, 3.05) is 11.9 Å². The summed E-state index contributed by atoms with van der Waals surface area (Å²) in [5, 5.41) is 11.7. The molecule has 2 N–H and O–H groups in total. The van der Waals surface area contributed by atoms with Crippen LogP contribution >= 0.6 is 0 Å². The van der Waals surface area contributed by atoms with E-state index in [4.69, 9.17) is 5.11 Å². The average molecular weight is 207 g/mol. The van der Waals surface area contributed by atoms with Gasteiger partial charge in [-0.2, -0.15) is 0 Å². The number of nitrogens with zero attached hydrogens (tertiary/aromatic N) is 2. The topological polar surface area (TPSA) is 65.5 Å². The number of aromatic nitrogens is 1. The van der Waals surface area contributed by atoms with E-state index in [1.54, 1.807) is 17.2 Å². The zero-order chi connectivity index (χ0) is 10.8. The van der Waals surface area contributed by atoms with E-state index in [1.165, 1.54) is 0 Å². The van der Waals surface area contributed by atoms with Gasteiger partial charge in [-0.3, -0.25) is 4.98 Å². The Labute approximate surface area is 87.7 Å². The van der Waals surface area contributed by atoms with Crippen molar-refractivity contribution in [2.24, 2.45) is 0 Å². The van der Waals surface area contributed by atoms with E-state index >= 15 is 0 Å². The number of hydrogen-bond donors (Lipinski definition) is 2. The molecule has 2 heterocycles. The Morgan fingerprint density at radius 1 is 1.67 bits per heavy atom. The number of amides is 2. The minimum absolute atomic E-state index is 0.0619. The second-order valence-electron chi connectivity index (χ2n) is 3.44. The summed E-state index contributed by atoms with van der Waals surface area (Å²) >= 11 is 0. The van der Waals surface area contributed by atoms with Gasteiger partial charge in [-0.25, -0.2) is 4.79 Å². The lowest BCUT2D eigenvalue weighted by Gasteiger charge is -2.27. The van der Waals surface area contributed by atoms with Crippen LogP contribution in [-0.2, 0) is 13.2 Å². The molecule has 15 heavy (non-hydrogen) atoms. The Balaban J connectivity index is 2.32. The van der Waals surface area contributed by atoms with Crippen molar-refractivity contribution in [3.63, 3.8) is 0 Å². The lowest BCUT2D eigenvalue weighted by atomic mass is 10.2. The van der Waals surface area contributed by atoms with Gasteiger partial charge in [0.1, 0.15) is 0 Å². The molecule has 1 aromatic rings. The number of hydrogen-bond acceptors (Lipinski definition) is 3. The lowest BCUT2D eigenvalue weighted by molar-refractivity contribution is 0.209. The number of urea groups is 1. The van der Waals surface area contributed by atoms with E-state index in [-0.39, 0.29) is 12.6 Å². The van der Waals surface area contributed by atoms with Gasteiger partial charge in [0.2, 0.25) is 0 Å². The standard InChI is InChI=1S/C10H13N3O2/c1-2-13-5-9-8(12-10(13)15)3-7(6-14)4-11-9/h3-4,14H,2,5-6H2,1H3,(H,12,15). The van der Waals surface area contributed by atoms with E-state index in [2.05, 4.69) is 10.3 Å². The summed E-state index contributed by atoms with van der Waals surface area (Å²) in [5.41, 5.74) is 2.25. The van der Waals surface area contributed by atoms with Crippen LogP contribution in [0.4, 0.5) is 10.5 Å². The smallest absolute Gasteiger partial charge is 0.322 e. The molecule has 0 fully saturated rings. The van der Waals surface area contributed by atoms with Crippen LogP contribution in [0.5, 0.6) is 0 Å². The van der Waals surface area contributed by atoms with Crippen molar-refractivity contribution < 1.29 is 9.90 Å². The predicted octanol–water partition coefficient (Wildman–Crippen LogP) is 0.941. The Morgan fingerprint density at radius 3 is 3.13 bits per heavy atom. The molecule has 1 aliphatic rings. The van der Waals surface area contributed by atoms with Crippen LogP contribution < -0.4 is 5.32 Å². The molecule has 0 bridgehead atoms. The third-order valence-corrected chi connectivity index (χ3v) is 2.46. The van der Waals surface area contributed by atoms with Crippen LogP contribution in [0.3, 0.4) is 0 Å². The number of aliphatic hydroxyl groups is 1. The largest absolute Gasteiger partial charge is 0.392 e. The van der Waals surface area contributed by atoms with E-state index in [9.17, 15) is 4.79 Å². The molecule has 0 aliphatic carbocycles. The number of anilines is 1. The number of nitrogens with one attached hydrogen (secondary N) is 1. The molecule has 0 saturated carbocycles. The molecule has 80 valence electrons. The number of carbonyl (C=O) groups excluding carboxylic acids is 1. The fourth-order valence-corrected chi connectivity index (χ4v) is 1.56. The summed E-state index contributed by atoms with van der Waals surface area (Å²) in [6, 6.07) is 1.65. The van der Waals surface area contributed by atoms with E-state index in [0.29, 0.717) is 24.3 Å². The molecule has 0 spiro atoms. The SMILES string of the molecule is CCN1Cc2ncc(CO)cc2NC1=O. The maximum Gasteiger partial charge on any atom is 0.322 e. The van der Waals surface area contributed by atoms with Crippen molar-refractivity contribution in [2.45, 2.75) is 20.1 Å². The van der Waals surface area contributed by atoms with Gasteiger partial charge in [-0.15, -0.1) is 0 Å². The van der Waals surface area contributed by atoms with Gasteiger partial charge in [-0.05, 0) is 18.6 Å². The second kappa shape index (κ2) is 3.86. The molecule has 0 aromatic carbocycles. The van der Waals surface area contributed by atoms with E-state index < -0.39 is 0 Å².